The van der Waals surface area contributed by atoms with Crippen LogP contribution < -0.4 is 0 Å². The number of carboxylic acid groups (broad SMARTS) is 1. The van der Waals surface area contributed by atoms with Gasteiger partial charge in [0.15, 0.2) is 0 Å². The molecule has 1 aliphatic heterocycles. The van der Waals surface area contributed by atoms with Crippen molar-refractivity contribution in [2.75, 3.05) is 6.54 Å². The number of hydrogen-bond acceptors (Lipinski definition) is 2. The van der Waals surface area contributed by atoms with Gasteiger partial charge < -0.3 is 5.11 Å². The van der Waals surface area contributed by atoms with E-state index in [1.54, 1.807) is 0 Å². The van der Waals surface area contributed by atoms with Gasteiger partial charge in [-0.1, -0.05) is 12.8 Å². The highest BCUT2D eigenvalue weighted by Gasteiger charge is 2.45. The molecule has 0 amide bonds. The second kappa shape index (κ2) is 4.60. The average Bonchev–Trinajstić information content (AvgIpc) is 3.14. The zero-order valence-corrected chi connectivity index (χ0v) is 10.5. The number of likely N-dealkylation sites (tertiary alicyclic amines) is 1. The fraction of sp³-hybridized carbons (Fsp3) is 0.929. The Morgan fingerprint density at radius 1 is 1.06 bits per heavy atom. The molecule has 0 aromatic rings. The number of fused-ring (bicyclic) bond motifs is 1. The molecule has 1 saturated heterocycles. The molecule has 3 nitrogen and oxygen atoms in total. The Balaban J connectivity index is 1.76. The average molecular weight is 237 g/mol. The van der Waals surface area contributed by atoms with Gasteiger partial charge in [-0.25, -0.2) is 0 Å². The molecule has 3 aliphatic rings. The molecule has 1 heterocycles. The van der Waals surface area contributed by atoms with E-state index in [-0.39, 0.29) is 6.04 Å². The maximum atomic E-state index is 11.5. The third-order valence-electron chi connectivity index (χ3n) is 4.97. The molecule has 3 heteroatoms. The Morgan fingerprint density at radius 3 is 2.47 bits per heavy atom. The van der Waals surface area contributed by atoms with Gasteiger partial charge in [0.25, 0.3) is 0 Å². The molecule has 3 fully saturated rings. The third kappa shape index (κ3) is 2.22. The normalized spacial score (nSPS) is 36.2. The van der Waals surface area contributed by atoms with Crippen LogP contribution in [0.15, 0.2) is 0 Å². The number of hydrogen-bond donors (Lipinski definition) is 1. The van der Waals surface area contributed by atoms with Crippen molar-refractivity contribution in [1.29, 1.82) is 0 Å². The lowest BCUT2D eigenvalue weighted by molar-refractivity contribution is -0.147. The van der Waals surface area contributed by atoms with Gasteiger partial charge in [-0.2, -0.15) is 0 Å². The highest BCUT2D eigenvalue weighted by atomic mass is 16.4. The molecule has 3 atom stereocenters. The third-order valence-corrected chi connectivity index (χ3v) is 4.97. The molecule has 2 saturated carbocycles. The lowest BCUT2D eigenvalue weighted by atomic mass is 9.77. The predicted octanol–water partition coefficient (Wildman–Crippen LogP) is 2.50. The standard InChI is InChI=1S/C14H23NO2/c16-14(17)13(11-7-8-11)15-9-3-5-10-4-1-2-6-12(10)15/h10-13H,1-9H2,(H,16,17). The number of aliphatic carboxylic acids is 1. The number of nitrogens with zero attached hydrogens (tertiary/aromatic N) is 1. The van der Waals surface area contributed by atoms with Crippen LogP contribution in [0.1, 0.15) is 51.4 Å². The van der Waals surface area contributed by atoms with Crippen LogP contribution in [0.5, 0.6) is 0 Å². The second-order valence-electron chi connectivity index (χ2n) is 6.11. The van der Waals surface area contributed by atoms with E-state index in [1.807, 2.05) is 0 Å². The fourth-order valence-corrected chi connectivity index (χ4v) is 4.03. The molecule has 17 heavy (non-hydrogen) atoms. The summed E-state index contributed by atoms with van der Waals surface area (Å²) in [6.07, 6.45) is 10.0. The maximum Gasteiger partial charge on any atom is 0.321 e. The molecule has 0 aromatic carbocycles. The molecule has 3 rings (SSSR count). The van der Waals surface area contributed by atoms with E-state index in [9.17, 15) is 9.90 Å². The van der Waals surface area contributed by atoms with Crippen LogP contribution in [-0.4, -0.2) is 34.6 Å². The van der Waals surface area contributed by atoms with Gasteiger partial charge >= 0.3 is 5.97 Å². The Morgan fingerprint density at radius 2 is 1.76 bits per heavy atom. The van der Waals surface area contributed by atoms with Gasteiger partial charge in [0, 0.05) is 6.04 Å². The van der Waals surface area contributed by atoms with Crippen molar-refractivity contribution in [2.45, 2.75) is 63.5 Å². The Bertz CT molecular complexity index is 299. The van der Waals surface area contributed by atoms with Crippen molar-refractivity contribution < 1.29 is 9.90 Å². The first-order valence-corrected chi connectivity index (χ1v) is 7.26. The lowest BCUT2D eigenvalue weighted by Crippen LogP contribution is -2.54. The van der Waals surface area contributed by atoms with E-state index < -0.39 is 5.97 Å². The van der Waals surface area contributed by atoms with Crippen molar-refractivity contribution in [3.05, 3.63) is 0 Å². The number of rotatable bonds is 3. The molecule has 96 valence electrons. The monoisotopic (exact) mass is 237 g/mol. The Hall–Kier alpha value is -0.570. The van der Waals surface area contributed by atoms with Crippen LogP contribution in [0.4, 0.5) is 0 Å². The van der Waals surface area contributed by atoms with E-state index in [4.69, 9.17) is 0 Å². The largest absolute Gasteiger partial charge is 0.480 e. The highest BCUT2D eigenvalue weighted by molar-refractivity contribution is 5.74. The summed E-state index contributed by atoms with van der Waals surface area (Å²) in [6, 6.07) is 0.417. The van der Waals surface area contributed by atoms with Crippen LogP contribution >= 0.6 is 0 Å². The zero-order chi connectivity index (χ0) is 11.8. The molecular formula is C14H23NO2. The zero-order valence-electron chi connectivity index (χ0n) is 10.5. The summed E-state index contributed by atoms with van der Waals surface area (Å²) in [5.74, 6) is 0.671. The minimum absolute atomic E-state index is 0.166. The van der Waals surface area contributed by atoms with Gasteiger partial charge in [0.2, 0.25) is 0 Å². The van der Waals surface area contributed by atoms with Crippen molar-refractivity contribution in [2.24, 2.45) is 11.8 Å². The summed E-state index contributed by atoms with van der Waals surface area (Å²) >= 11 is 0. The van der Waals surface area contributed by atoms with E-state index in [2.05, 4.69) is 4.90 Å². The van der Waals surface area contributed by atoms with Gasteiger partial charge in [-0.05, 0) is 56.9 Å². The van der Waals surface area contributed by atoms with Gasteiger partial charge in [-0.15, -0.1) is 0 Å². The van der Waals surface area contributed by atoms with Crippen LogP contribution in [0, 0.1) is 11.8 Å². The molecular weight excluding hydrogens is 214 g/mol. The Kier molecular flexibility index (Phi) is 3.12. The van der Waals surface area contributed by atoms with Gasteiger partial charge in [0.05, 0.1) is 0 Å². The van der Waals surface area contributed by atoms with Crippen molar-refractivity contribution in [3.8, 4) is 0 Å². The molecule has 3 unspecified atom stereocenters. The minimum atomic E-state index is -0.571. The lowest BCUT2D eigenvalue weighted by Gasteiger charge is -2.46. The number of carbonyl (C=O) groups is 1. The molecule has 2 aliphatic carbocycles. The topological polar surface area (TPSA) is 40.5 Å². The van der Waals surface area contributed by atoms with Crippen LogP contribution in [0.25, 0.3) is 0 Å². The summed E-state index contributed by atoms with van der Waals surface area (Å²) in [6.45, 7) is 1.02. The quantitative estimate of drug-likeness (QED) is 0.820. The van der Waals surface area contributed by atoms with Crippen LogP contribution in [-0.2, 0) is 4.79 Å². The number of carboxylic acids is 1. The molecule has 1 N–H and O–H groups in total. The maximum absolute atomic E-state index is 11.5. The molecule has 0 spiro atoms. The van der Waals surface area contributed by atoms with E-state index >= 15 is 0 Å². The highest BCUT2D eigenvalue weighted by Crippen LogP contribution is 2.42. The summed E-state index contributed by atoms with van der Waals surface area (Å²) in [5, 5.41) is 9.48. The van der Waals surface area contributed by atoms with Gasteiger partial charge in [-0.3, -0.25) is 9.69 Å². The molecule has 0 bridgehead atoms. The van der Waals surface area contributed by atoms with Crippen LogP contribution in [0.3, 0.4) is 0 Å². The fourth-order valence-electron chi connectivity index (χ4n) is 4.03. The first-order chi connectivity index (χ1) is 8.27. The Labute approximate surface area is 103 Å². The number of piperidine rings is 1. The van der Waals surface area contributed by atoms with E-state index in [0.717, 1.165) is 25.3 Å². The van der Waals surface area contributed by atoms with Crippen molar-refractivity contribution in [3.63, 3.8) is 0 Å². The van der Waals surface area contributed by atoms with Crippen LogP contribution in [0.2, 0.25) is 0 Å². The first-order valence-electron chi connectivity index (χ1n) is 7.26. The summed E-state index contributed by atoms with van der Waals surface area (Å²) in [5.41, 5.74) is 0. The van der Waals surface area contributed by atoms with Gasteiger partial charge in [0.1, 0.15) is 6.04 Å². The van der Waals surface area contributed by atoms with Crippen molar-refractivity contribution in [1.82, 2.24) is 4.90 Å². The first kappa shape index (κ1) is 11.5. The van der Waals surface area contributed by atoms with E-state index in [0.29, 0.717) is 12.0 Å². The predicted molar refractivity (Wildman–Crippen MR) is 65.8 cm³/mol. The second-order valence-corrected chi connectivity index (χ2v) is 6.11. The molecule has 0 aromatic heterocycles. The minimum Gasteiger partial charge on any atom is -0.480 e. The smallest absolute Gasteiger partial charge is 0.321 e. The summed E-state index contributed by atoms with van der Waals surface area (Å²) in [4.78, 5) is 13.9. The summed E-state index contributed by atoms with van der Waals surface area (Å²) < 4.78 is 0. The molecule has 0 radical (unpaired) electrons. The summed E-state index contributed by atoms with van der Waals surface area (Å²) in [7, 11) is 0. The van der Waals surface area contributed by atoms with Crippen molar-refractivity contribution >= 4 is 5.97 Å². The SMILES string of the molecule is O=C(O)C(C1CC1)N1CCCC2CCCCC21. The van der Waals surface area contributed by atoms with E-state index in [1.165, 1.54) is 38.5 Å².